The smallest absolute Gasteiger partial charge is 0.167 e. The molecule has 0 aromatic carbocycles. The van der Waals surface area contributed by atoms with Crippen LogP contribution in [0, 0.1) is 5.82 Å². The molecule has 0 N–H and O–H groups in total. The van der Waals surface area contributed by atoms with Crippen molar-refractivity contribution in [2.24, 2.45) is 0 Å². The zero-order valence-corrected chi connectivity index (χ0v) is 10.7. The van der Waals surface area contributed by atoms with Gasteiger partial charge in [0.05, 0.1) is 17.3 Å². The fourth-order valence-electron chi connectivity index (χ4n) is 1.66. The zero-order chi connectivity index (χ0) is 13.0. The highest BCUT2D eigenvalue weighted by atomic mass is 35.5. The van der Waals surface area contributed by atoms with Crippen LogP contribution in [-0.4, -0.2) is 16.5 Å². The molecule has 0 fully saturated rings. The molecule has 0 radical (unpaired) electrons. The third-order valence-corrected chi connectivity index (χ3v) is 2.76. The van der Waals surface area contributed by atoms with Gasteiger partial charge < -0.3 is 4.90 Å². The van der Waals surface area contributed by atoms with Gasteiger partial charge in [-0.15, -0.1) is 0 Å². The van der Waals surface area contributed by atoms with Gasteiger partial charge in [-0.25, -0.2) is 9.37 Å². The molecule has 0 saturated carbocycles. The highest BCUT2D eigenvalue weighted by Crippen LogP contribution is 2.20. The van der Waals surface area contributed by atoms with Gasteiger partial charge in [-0.1, -0.05) is 17.7 Å². The molecular weight excluding hydrogens is 253 g/mol. The van der Waals surface area contributed by atoms with Crippen molar-refractivity contribution in [2.75, 3.05) is 11.4 Å². The summed E-state index contributed by atoms with van der Waals surface area (Å²) in [6.07, 6.45) is 3.16. The summed E-state index contributed by atoms with van der Waals surface area (Å²) >= 11 is 5.69. The molecule has 94 valence electrons. The molecule has 2 heterocycles. The summed E-state index contributed by atoms with van der Waals surface area (Å²) < 4.78 is 13.8. The van der Waals surface area contributed by atoms with Gasteiger partial charge in [-0.3, -0.25) is 4.98 Å². The van der Waals surface area contributed by atoms with Crippen LogP contribution in [0.25, 0.3) is 0 Å². The van der Waals surface area contributed by atoms with E-state index in [1.165, 1.54) is 12.3 Å². The second-order valence-corrected chi connectivity index (χ2v) is 4.23. The summed E-state index contributed by atoms with van der Waals surface area (Å²) in [7, 11) is 0. The molecule has 0 aliphatic carbocycles. The summed E-state index contributed by atoms with van der Waals surface area (Å²) in [5, 5.41) is 0.296. The number of aromatic nitrogens is 2. The molecule has 0 atom stereocenters. The molecule has 2 aromatic heterocycles. The van der Waals surface area contributed by atoms with E-state index in [0.717, 1.165) is 5.69 Å². The Balaban J connectivity index is 2.23. The quantitative estimate of drug-likeness (QED) is 0.849. The average Bonchev–Trinajstić information content (AvgIpc) is 2.38. The topological polar surface area (TPSA) is 29.0 Å². The number of hydrogen-bond acceptors (Lipinski definition) is 3. The van der Waals surface area contributed by atoms with Crippen LogP contribution in [-0.2, 0) is 6.54 Å². The number of anilines is 1. The van der Waals surface area contributed by atoms with Crippen molar-refractivity contribution in [3.05, 3.63) is 53.2 Å². The first-order chi connectivity index (χ1) is 8.70. The standard InChI is InChI=1S/C13H13ClFN3/c1-2-18(9-11-5-3-4-6-16-11)13-12(15)7-10(14)8-17-13/h3-8H,2,9H2,1H3. The highest BCUT2D eigenvalue weighted by molar-refractivity contribution is 6.30. The lowest BCUT2D eigenvalue weighted by Crippen LogP contribution is -2.24. The van der Waals surface area contributed by atoms with Crippen LogP contribution in [0.2, 0.25) is 5.02 Å². The Bertz CT molecular complexity index is 519. The Morgan fingerprint density at radius 3 is 2.78 bits per heavy atom. The number of nitrogens with zero attached hydrogens (tertiary/aromatic N) is 3. The van der Waals surface area contributed by atoms with E-state index in [9.17, 15) is 4.39 Å². The fourth-order valence-corrected chi connectivity index (χ4v) is 1.81. The van der Waals surface area contributed by atoms with E-state index < -0.39 is 5.82 Å². The maximum absolute atomic E-state index is 13.8. The molecule has 0 bridgehead atoms. The third-order valence-electron chi connectivity index (χ3n) is 2.55. The number of hydrogen-bond donors (Lipinski definition) is 0. The van der Waals surface area contributed by atoms with Crippen LogP contribution < -0.4 is 4.90 Å². The summed E-state index contributed by atoms with van der Waals surface area (Å²) in [4.78, 5) is 10.1. The Hall–Kier alpha value is -1.68. The fraction of sp³-hybridized carbons (Fsp3) is 0.231. The van der Waals surface area contributed by atoms with E-state index in [0.29, 0.717) is 23.9 Å². The normalized spacial score (nSPS) is 10.4. The average molecular weight is 266 g/mol. The van der Waals surface area contributed by atoms with E-state index in [2.05, 4.69) is 9.97 Å². The van der Waals surface area contributed by atoms with Crippen LogP contribution in [0.5, 0.6) is 0 Å². The van der Waals surface area contributed by atoms with E-state index in [1.807, 2.05) is 30.0 Å². The second-order valence-electron chi connectivity index (χ2n) is 3.79. The van der Waals surface area contributed by atoms with Gasteiger partial charge in [0.1, 0.15) is 0 Å². The molecule has 0 unspecified atom stereocenters. The van der Waals surface area contributed by atoms with Gasteiger partial charge >= 0.3 is 0 Å². The van der Waals surface area contributed by atoms with Crippen molar-refractivity contribution in [1.82, 2.24) is 9.97 Å². The van der Waals surface area contributed by atoms with Crippen molar-refractivity contribution in [3.63, 3.8) is 0 Å². The van der Waals surface area contributed by atoms with Gasteiger partial charge in [0.2, 0.25) is 0 Å². The first-order valence-corrected chi connectivity index (χ1v) is 6.04. The van der Waals surface area contributed by atoms with Crippen molar-refractivity contribution >= 4 is 17.4 Å². The van der Waals surface area contributed by atoms with Crippen LogP contribution >= 0.6 is 11.6 Å². The minimum absolute atomic E-state index is 0.296. The number of rotatable bonds is 4. The first-order valence-electron chi connectivity index (χ1n) is 5.66. The molecule has 0 aliphatic heterocycles. The maximum atomic E-state index is 13.8. The Morgan fingerprint density at radius 2 is 2.17 bits per heavy atom. The predicted octanol–water partition coefficient (Wildman–Crippen LogP) is 3.30. The minimum Gasteiger partial charge on any atom is -0.349 e. The number of halogens is 2. The van der Waals surface area contributed by atoms with E-state index in [-0.39, 0.29) is 0 Å². The molecule has 5 heteroatoms. The lowest BCUT2D eigenvalue weighted by atomic mass is 10.3. The molecule has 0 amide bonds. The Kier molecular flexibility index (Phi) is 4.10. The molecular formula is C13H13ClFN3. The summed E-state index contributed by atoms with van der Waals surface area (Å²) in [5.74, 6) is -0.118. The van der Waals surface area contributed by atoms with Crippen molar-refractivity contribution in [2.45, 2.75) is 13.5 Å². The molecule has 0 saturated heterocycles. The SMILES string of the molecule is CCN(Cc1ccccn1)c1ncc(Cl)cc1F. The molecule has 2 aromatic rings. The minimum atomic E-state index is -0.416. The van der Waals surface area contributed by atoms with Gasteiger partial charge in [0, 0.05) is 18.9 Å². The summed E-state index contributed by atoms with van der Waals surface area (Å²) in [6, 6.07) is 6.92. The van der Waals surface area contributed by atoms with Crippen molar-refractivity contribution < 1.29 is 4.39 Å². The largest absolute Gasteiger partial charge is 0.349 e. The highest BCUT2D eigenvalue weighted by Gasteiger charge is 2.13. The van der Waals surface area contributed by atoms with Gasteiger partial charge in [-0.05, 0) is 25.1 Å². The van der Waals surface area contributed by atoms with Crippen molar-refractivity contribution in [3.8, 4) is 0 Å². The van der Waals surface area contributed by atoms with Crippen molar-refractivity contribution in [1.29, 1.82) is 0 Å². The Morgan fingerprint density at radius 1 is 1.33 bits per heavy atom. The van der Waals surface area contributed by atoms with E-state index in [4.69, 9.17) is 11.6 Å². The second kappa shape index (κ2) is 5.78. The molecule has 18 heavy (non-hydrogen) atoms. The number of pyridine rings is 2. The van der Waals surface area contributed by atoms with Crippen LogP contribution in [0.1, 0.15) is 12.6 Å². The van der Waals surface area contributed by atoms with Gasteiger partial charge in [0.15, 0.2) is 11.6 Å². The van der Waals surface area contributed by atoms with E-state index in [1.54, 1.807) is 6.20 Å². The van der Waals surface area contributed by atoms with Crippen LogP contribution in [0.4, 0.5) is 10.2 Å². The van der Waals surface area contributed by atoms with E-state index >= 15 is 0 Å². The maximum Gasteiger partial charge on any atom is 0.167 e. The van der Waals surface area contributed by atoms with Gasteiger partial charge in [-0.2, -0.15) is 0 Å². The first kappa shape index (κ1) is 12.8. The van der Waals surface area contributed by atoms with Gasteiger partial charge in [0.25, 0.3) is 0 Å². The lowest BCUT2D eigenvalue weighted by molar-refractivity contribution is 0.608. The molecule has 3 nitrogen and oxygen atoms in total. The molecule has 0 spiro atoms. The van der Waals surface area contributed by atoms with Crippen LogP contribution in [0.3, 0.4) is 0 Å². The van der Waals surface area contributed by atoms with Crippen LogP contribution in [0.15, 0.2) is 36.7 Å². The molecule has 2 rings (SSSR count). The monoisotopic (exact) mass is 265 g/mol. The zero-order valence-electron chi connectivity index (χ0n) is 9.98. The molecule has 0 aliphatic rings. The predicted molar refractivity (Wildman–Crippen MR) is 70.2 cm³/mol. The summed E-state index contributed by atoms with van der Waals surface area (Å²) in [5.41, 5.74) is 0.871. The summed E-state index contributed by atoms with van der Waals surface area (Å²) in [6.45, 7) is 3.10. The Labute approximate surface area is 110 Å². The lowest BCUT2D eigenvalue weighted by Gasteiger charge is -2.21. The third kappa shape index (κ3) is 2.96.